The Hall–Kier alpha value is -1.26. The second-order valence-electron chi connectivity index (χ2n) is 5.18. The Kier molecular flexibility index (Phi) is 7.86. The number of ether oxygens (including phenoxy) is 1. The van der Waals surface area contributed by atoms with Crippen LogP contribution in [-0.2, 0) is 6.18 Å². The number of alkyl halides is 3. The topological polar surface area (TPSA) is 72.5 Å². The van der Waals surface area contributed by atoms with E-state index in [4.69, 9.17) is 10.5 Å². The number of hydrogen-bond donors (Lipinski definition) is 2. The highest BCUT2D eigenvalue weighted by molar-refractivity contribution is 14.0. The first-order chi connectivity index (χ1) is 10.4. The van der Waals surface area contributed by atoms with Gasteiger partial charge in [0.1, 0.15) is 6.61 Å². The molecule has 1 aliphatic carbocycles. The van der Waals surface area contributed by atoms with Gasteiger partial charge in [-0.05, 0) is 24.8 Å². The summed E-state index contributed by atoms with van der Waals surface area (Å²) in [5, 5.41) is 2.89. The highest BCUT2D eigenvalue weighted by Crippen LogP contribution is 2.29. The molecule has 0 spiro atoms. The Morgan fingerprint density at radius 3 is 2.65 bits per heavy atom. The van der Waals surface area contributed by atoms with Crippen LogP contribution in [0.15, 0.2) is 23.3 Å². The van der Waals surface area contributed by atoms with Gasteiger partial charge < -0.3 is 15.8 Å². The highest BCUT2D eigenvalue weighted by atomic mass is 127. The van der Waals surface area contributed by atoms with E-state index in [1.807, 2.05) is 0 Å². The molecule has 1 aromatic heterocycles. The predicted molar refractivity (Wildman–Crippen MR) is 92.0 cm³/mol. The van der Waals surface area contributed by atoms with Crippen LogP contribution in [0.5, 0.6) is 5.88 Å². The number of rotatable bonds is 6. The number of nitrogens with zero attached hydrogens (tertiary/aromatic N) is 2. The van der Waals surface area contributed by atoms with Gasteiger partial charge in [-0.25, -0.2) is 4.98 Å². The molecule has 0 aliphatic heterocycles. The van der Waals surface area contributed by atoms with Crippen LogP contribution < -0.4 is 15.8 Å². The molecule has 0 aromatic carbocycles. The minimum Gasteiger partial charge on any atom is -0.476 e. The maximum atomic E-state index is 12.4. The average Bonchev–Trinajstić information content (AvgIpc) is 2.41. The molecule has 130 valence electrons. The van der Waals surface area contributed by atoms with Crippen molar-refractivity contribution in [2.24, 2.45) is 16.6 Å². The lowest BCUT2D eigenvalue weighted by Gasteiger charge is -2.23. The molecule has 1 fully saturated rings. The molecule has 9 heteroatoms. The highest BCUT2D eigenvalue weighted by Gasteiger charge is 2.30. The van der Waals surface area contributed by atoms with E-state index in [0.29, 0.717) is 18.4 Å². The van der Waals surface area contributed by atoms with Crippen LogP contribution in [0.1, 0.15) is 24.8 Å². The van der Waals surface area contributed by atoms with Gasteiger partial charge in [0, 0.05) is 18.8 Å². The van der Waals surface area contributed by atoms with E-state index in [-0.39, 0.29) is 36.5 Å². The van der Waals surface area contributed by atoms with Crippen molar-refractivity contribution in [3.05, 3.63) is 23.9 Å². The molecule has 1 aliphatic rings. The Labute approximate surface area is 149 Å². The summed E-state index contributed by atoms with van der Waals surface area (Å²) in [6.07, 6.45) is 0.0378. The average molecular weight is 444 g/mol. The maximum Gasteiger partial charge on any atom is 0.417 e. The fourth-order valence-electron chi connectivity index (χ4n) is 1.93. The third-order valence-electron chi connectivity index (χ3n) is 3.47. The summed E-state index contributed by atoms with van der Waals surface area (Å²) in [4.78, 5) is 7.83. The van der Waals surface area contributed by atoms with Crippen molar-refractivity contribution in [1.29, 1.82) is 0 Å². The zero-order valence-electron chi connectivity index (χ0n) is 12.5. The maximum absolute atomic E-state index is 12.4. The van der Waals surface area contributed by atoms with E-state index in [1.165, 1.54) is 25.3 Å². The van der Waals surface area contributed by atoms with Gasteiger partial charge in [-0.2, -0.15) is 13.2 Å². The van der Waals surface area contributed by atoms with Gasteiger partial charge in [0.25, 0.3) is 0 Å². The molecule has 23 heavy (non-hydrogen) atoms. The lowest BCUT2D eigenvalue weighted by atomic mass is 9.86. The van der Waals surface area contributed by atoms with Crippen LogP contribution in [0.25, 0.3) is 0 Å². The molecule has 3 N–H and O–H groups in total. The number of nitrogens with one attached hydrogen (secondary N) is 1. The van der Waals surface area contributed by atoms with Crippen LogP contribution in [0.4, 0.5) is 13.2 Å². The molecule has 2 rings (SSSR count). The fourth-order valence-corrected chi connectivity index (χ4v) is 1.93. The Morgan fingerprint density at radius 1 is 1.39 bits per heavy atom. The lowest BCUT2D eigenvalue weighted by Crippen LogP contribution is -2.35. The molecule has 1 aromatic rings. The summed E-state index contributed by atoms with van der Waals surface area (Å²) in [5.74, 6) is 1.14. The number of pyridine rings is 1. The first-order valence-electron chi connectivity index (χ1n) is 7.15. The molecule has 0 atom stereocenters. The van der Waals surface area contributed by atoms with Crippen LogP contribution in [0.2, 0.25) is 0 Å². The predicted octanol–water partition coefficient (Wildman–Crippen LogP) is 2.80. The molecule has 1 heterocycles. The summed E-state index contributed by atoms with van der Waals surface area (Å²) < 4.78 is 42.3. The summed E-state index contributed by atoms with van der Waals surface area (Å²) in [6, 6.07) is 2.13. The number of nitrogens with two attached hydrogens (primary N) is 1. The Balaban J connectivity index is 0.00000264. The second-order valence-corrected chi connectivity index (χ2v) is 5.18. The monoisotopic (exact) mass is 444 g/mol. The van der Waals surface area contributed by atoms with E-state index < -0.39 is 11.7 Å². The molecular weight excluding hydrogens is 424 g/mol. The van der Waals surface area contributed by atoms with Gasteiger partial charge >= 0.3 is 6.18 Å². The Bertz CT molecular complexity index is 504. The van der Waals surface area contributed by atoms with E-state index >= 15 is 0 Å². The molecule has 0 saturated heterocycles. The summed E-state index contributed by atoms with van der Waals surface area (Å²) in [7, 11) is 0. The van der Waals surface area contributed by atoms with E-state index in [1.54, 1.807) is 0 Å². The number of halogens is 4. The number of guanidine groups is 1. The number of aromatic nitrogens is 1. The smallest absolute Gasteiger partial charge is 0.417 e. The van der Waals surface area contributed by atoms with E-state index in [0.717, 1.165) is 18.8 Å². The quantitative estimate of drug-likeness (QED) is 0.307. The van der Waals surface area contributed by atoms with Crippen LogP contribution in [-0.4, -0.2) is 30.6 Å². The van der Waals surface area contributed by atoms with Gasteiger partial charge in [-0.1, -0.05) is 6.42 Å². The van der Waals surface area contributed by atoms with Crippen molar-refractivity contribution in [2.45, 2.75) is 25.4 Å². The van der Waals surface area contributed by atoms with Crippen molar-refractivity contribution >= 4 is 29.9 Å². The number of hydrogen-bond acceptors (Lipinski definition) is 3. The Morgan fingerprint density at radius 2 is 2.13 bits per heavy atom. The summed E-state index contributed by atoms with van der Waals surface area (Å²) in [5.41, 5.74) is 4.89. The fraction of sp³-hybridized carbons (Fsp3) is 0.571. The van der Waals surface area contributed by atoms with E-state index in [9.17, 15) is 13.2 Å². The van der Waals surface area contributed by atoms with E-state index in [2.05, 4.69) is 15.3 Å². The molecule has 0 amide bonds. The lowest BCUT2D eigenvalue weighted by molar-refractivity contribution is -0.137. The zero-order chi connectivity index (χ0) is 16.0. The SMILES string of the molecule is I.NC(=NCC1CCC1)NCCOc1ccc(C(F)(F)F)cn1. The van der Waals surface area contributed by atoms with Crippen molar-refractivity contribution in [1.82, 2.24) is 10.3 Å². The van der Waals surface area contributed by atoms with Crippen LogP contribution >= 0.6 is 24.0 Å². The molecule has 0 unspecified atom stereocenters. The normalized spacial score (nSPS) is 15.5. The van der Waals surface area contributed by atoms with Crippen molar-refractivity contribution < 1.29 is 17.9 Å². The van der Waals surface area contributed by atoms with Crippen molar-refractivity contribution in [3.63, 3.8) is 0 Å². The van der Waals surface area contributed by atoms with Gasteiger partial charge in [0.05, 0.1) is 12.1 Å². The van der Waals surface area contributed by atoms with Crippen LogP contribution in [0.3, 0.4) is 0 Å². The van der Waals surface area contributed by atoms with Gasteiger partial charge in [-0.15, -0.1) is 24.0 Å². The van der Waals surface area contributed by atoms with Crippen LogP contribution in [0, 0.1) is 5.92 Å². The minimum atomic E-state index is -4.39. The second kappa shape index (κ2) is 9.14. The van der Waals surface area contributed by atoms with Gasteiger partial charge in [0.15, 0.2) is 5.96 Å². The third-order valence-corrected chi connectivity index (χ3v) is 3.47. The van der Waals surface area contributed by atoms with Crippen molar-refractivity contribution in [3.8, 4) is 5.88 Å². The van der Waals surface area contributed by atoms with Gasteiger partial charge in [0.2, 0.25) is 5.88 Å². The van der Waals surface area contributed by atoms with Gasteiger partial charge in [-0.3, -0.25) is 4.99 Å². The first kappa shape index (κ1) is 19.8. The molecular formula is C14H20F3IN4O. The molecule has 1 saturated carbocycles. The molecule has 5 nitrogen and oxygen atoms in total. The molecule has 0 bridgehead atoms. The largest absolute Gasteiger partial charge is 0.476 e. The molecule has 0 radical (unpaired) electrons. The third kappa shape index (κ3) is 6.80. The number of aliphatic imine (C=N–C) groups is 1. The summed E-state index contributed by atoms with van der Waals surface area (Å²) in [6.45, 7) is 1.38. The minimum absolute atomic E-state index is 0. The first-order valence-corrected chi connectivity index (χ1v) is 7.15. The summed E-state index contributed by atoms with van der Waals surface area (Å²) >= 11 is 0. The van der Waals surface area contributed by atoms with Crippen molar-refractivity contribution in [2.75, 3.05) is 19.7 Å². The standard InChI is InChI=1S/C14H19F3N4O.HI/c15-14(16,17)11-4-5-12(20-9-11)22-7-6-19-13(18)21-8-10-2-1-3-10;/h4-5,9-10H,1-3,6-8H2,(H3,18,19,21);1H. The zero-order valence-corrected chi connectivity index (χ0v) is 14.8.